The van der Waals surface area contributed by atoms with E-state index in [0.717, 1.165) is 12.8 Å². The molecule has 1 heterocycles. The molecule has 108 valence electrons. The average Bonchev–Trinajstić information content (AvgIpc) is 3.07. The number of carbonyl (C=O) groups excluding carboxylic acids is 2. The van der Waals surface area contributed by atoms with Gasteiger partial charge in [0.2, 0.25) is 11.8 Å². The maximum absolute atomic E-state index is 12.5. The Balaban J connectivity index is 1.96. The summed E-state index contributed by atoms with van der Waals surface area (Å²) in [6.45, 7) is 8.87. The van der Waals surface area contributed by atoms with Gasteiger partial charge in [0.15, 0.2) is 0 Å². The smallest absolute Gasteiger partial charge is 0.248 e. The first kappa shape index (κ1) is 14.3. The van der Waals surface area contributed by atoms with E-state index >= 15 is 0 Å². The van der Waals surface area contributed by atoms with Crippen molar-refractivity contribution in [3.05, 3.63) is 0 Å². The third-order valence-electron chi connectivity index (χ3n) is 3.76. The summed E-state index contributed by atoms with van der Waals surface area (Å²) in [4.78, 5) is 25.9. The van der Waals surface area contributed by atoms with Gasteiger partial charge in [-0.15, -0.1) is 0 Å². The molecule has 0 bridgehead atoms. The largest absolute Gasteiger partial charge is 0.374 e. The number of nitrogens with zero attached hydrogens (tertiary/aromatic N) is 1. The number of piperazine rings is 1. The van der Waals surface area contributed by atoms with Crippen LogP contribution in [0.5, 0.6) is 0 Å². The van der Waals surface area contributed by atoms with Gasteiger partial charge in [0, 0.05) is 6.54 Å². The summed E-state index contributed by atoms with van der Waals surface area (Å²) in [6.07, 6.45) is 2.05. The highest BCUT2D eigenvalue weighted by Crippen LogP contribution is 2.41. The van der Waals surface area contributed by atoms with Crippen molar-refractivity contribution in [2.75, 3.05) is 19.7 Å². The van der Waals surface area contributed by atoms with Gasteiger partial charge in [-0.3, -0.25) is 9.59 Å². The normalized spacial score (nSPS) is 28.5. The molecule has 5 heteroatoms. The minimum absolute atomic E-state index is 0.0344. The van der Waals surface area contributed by atoms with Gasteiger partial charge in [0.05, 0.1) is 18.8 Å². The Labute approximate surface area is 114 Å². The molecule has 1 atom stereocenters. The number of carbonyl (C=O) groups is 2. The molecule has 1 unspecified atom stereocenters. The van der Waals surface area contributed by atoms with E-state index in [4.69, 9.17) is 4.74 Å². The lowest BCUT2D eigenvalue weighted by Crippen LogP contribution is -2.66. The highest BCUT2D eigenvalue weighted by Gasteiger charge is 2.52. The van der Waals surface area contributed by atoms with Crippen LogP contribution in [0.15, 0.2) is 0 Å². The molecule has 5 nitrogen and oxygen atoms in total. The summed E-state index contributed by atoms with van der Waals surface area (Å²) in [5.74, 6) is 0.271. The second kappa shape index (κ2) is 4.78. The Kier molecular flexibility index (Phi) is 3.60. The van der Waals surface area contributed by atoms with Gasteiger partial charge in [-0.05, 0) is 46.5 Å². The van der Waals surface area contributed by atoms with Crippen LogP contribution >= 0.6 is 0 Å². The van der Waals surface area contributed by atoms with Crippen molar-refractivity contribution >= 4 is 11.8 Å². The number of amides is 2. The standard InChI is InChI=1S/C14H24N2O3/c1-13(2,3)19-8-7-16-9-11(17)15-14(4,12(16)18)10-5-6-10/h10H,5-9H2,1-4H3,(H,15,17). The number of hydrogen-bond donors (Lipinski definition) is 1. The number of nitrogens with one attached hydrogen (secondary N) is 1. The second-order valence-electron chi connectivity index (χ2n) is 6.71. The summed E-state index contributed by atoms with van der Waals surface area (Å²) in [5.41, 5.74) is -0.919. The lowest BCUT2D eigenvalue weighted by Gasteiger charge is -2.40. The molecule has 0 aromatic rings. The van der Waals surface area contributed by atoms with Crippen LogP contribution in [0.2, 0.25) is 0 Å². The topological polar surface area (TPSA) is 58.6 Å². The number of ether oxygens (including phenoxy) is 1. The Morgan fingerprint density at radius 2 is 2.00 bits per heavy atom. The molecule has 2 aliphatic rings. The van der Waals surface area contributed by atoms with Crippen molar-refractivity contribution in [1.29, 1.82) is 0 Å². The van der Waals surface area contributed by atoms with E-state index in [0.29, 0.717) is 19.1 Å². The third-order valence-corrected chi connectivity index (χ3v) is 3.76. The highest BCUT2D eigenvalue weighted by atomic mass is 16.5. The van der Waals surface area contributed by atoms with E-state index in [2.05, 4.69) is 5.32 Å². The molecule has 1 saturated carbocycles. The quantitative estimate of drug-likeness (QED) is 0.825. The molecule has 1 aliphatic carbocycles. The minimum Gasteiger partial charge on any atom is -0.374 e. The van der Waals surface area contributed by atoms with Crippen molar-refractivity contribution in [3.8, 4) is 0 Å². The van der Waals surface area contributed by atoms with E-state index in [1.807, 2.05) is 27.7 Å². The van der Waals surface area contributed by atoms with Crippen molar-refractivity contribution in [3.63, 3.8) is 0 Å². The van der Waals surface area contributed by atoms with Gasteiger partial charge >= 0.3 is 0 Å². The Hall–Kier alpha value is -1.10. The van der Waals surface area contributed by atoms with Gasteiger partial charge in [-0.25, -0.2) is 0 Å². The van der Waals surface area contributed by atoms with Crippen LogP contribution in [0.1, 0.15) is 40.5 Å². The zero-order valence-corrected chi connectivity index (χ0v) is 12.3. The van der Waals surface area contributed by atoms with Crippen LogP contribution in [-0.4, -0.2) is 47.6 Å². The summed E-state index contributed by atoms with van der Waals surface area (Å²) in [7, 11) is 0. The van der Waals surface area contributed by atoms with Gasteiger partial charge in [0.1, 0.15) is 5.54 Å². The van der Waals surface area contributed by atoms with Gasteiger partial charge in [-0.1, -0.05) is 0 Å². The van der Waals surface area contributed by atoms with Crippen LogP contribution in [0, 0.1) is 5.92 Å². The minimum atomic E-state index is -0.697. The molecule has 19 heavy (non-hydrogen) atoms. The second-order valence-corrected chi connectivity index (χ2v) is 6.71. The first-order valence-electron chi connectivity index (χ1n) is 6.97. The first-order valence-corrected chi connectivity index (χ1v) is 6.97. The average molecular weight is 268 g/mol. The molecule has 1 saturated heterocycles. The number of hydrogen-bond acceptors (Lipinski definition) is 3. The predicted molar refractivity (Wildman–Crippen MR) is 71.6 cm³/mol. The van der Waals surface area contributed by atoms with E-state index in [1.165, 1.54) is 0 Å². The van der Waals surface area contributed by atoms with E-state index < -0.39 is 5.54 Å². The van der Waals surface area contributed by atoms with Crippen LogP contribution in [0.3, 0.4) is 0 Å². The van der Waals surface area contributed by atoms with Crippen LogP contribution in [0.4, 0.5) is 0 Å². The van der Waals surface area contributed by atoms with E-state index in [-0.39, 0.29) is 24.0 Å². The van der Waals surface area contributed by atoms with Crippen molar-refractivity contribution < 1.29 is 14.3 Å². The molecule has 0 aromatic heterocycles. The van der Waals surface area contributed by atoms with Gasteiger partial charge in [0.25, 0.3) is 0 Å². The van der Waals surface area contributed by atoms with E-state index in [1.54, 1.807) is 4.90 Å². The van der Waals surface area contributed by atoms with Crippen molar-refractivity contribution in [1.82, 2.24) is 10.2 Å². The lowest BCUT2D eigenvalue weighted by atomic mass is 9.91. The summed E-state index contributed by atoms with van der Waals surface area (Å²) in [5, 5.41) is 2.87. The third kappa shape index (κ3) is 3.26. The SMILES string of the molecule is CC(C)(C)OCCN1CC(=O)NC(C)(C2CC2)C1=O. The number of rotatable bonds is 4. The molecule has 2 fully saturated rings. The van der Waals surface area contributed by atoms with Crippen LogP contribution in [-0.2, 0) is 14.3 Å². The molecule has 1 aliphatic heterocycles. The van der Waals surface area contributed by atoms with Crippen molar-refractivity contribution in [2.45, 2.75) is 51.7 Å². The van der Waals surface area contributed by atoms with Crippen molar-refractivity contribution in [2.24, 2.45) is 5.92 Å². The molecule has 2 rings (SSSR count). The molecule has 0 spiro atoms. The molecular formula is C14H24N2O3. The van der Waals surface area contributed by atoms with Gasteiger partial charge in [-0.2, -0.15) is 0 Å². The molecule has 0 aromatic carbocycles. The Morgan fingerprint density at radius 1 is 1.37 bits per heavy atom. The predicted octanol–water partition coefficient (Wildman–Crippen LogP) is 0.929. The van der Waals surface area contributed by atoms with Crippen LogP contribution in [0.25, 0.3) is 0 Å². The fraction of sp³-hybridized carbons (Fsp3) is 0.857. The lowest BCUT2D eigenvalue weighted by molar-refractivity contribution is -0.151. The molecule has 2 amide bonds. The summed E-state index contributed by atoms with van der Waals surface area (Å²) < 4.78 is 5.63. The van der Waals surface area contributed by atoms with Crippen LogP contribution < -0.4 is 5.32 Å². The monoisotopic (exact) mass is 268 g/mol. The Bertz CT molecular complexity index is 385. The first-order chi connectivity index (χ1) is 8.72. The highest BCUT2D eigenvalue weighted by molar-refractivity contribution is 5.98. The Morgan fingerprint density at radius 3 is 2.53 bits per heavy atom. The van der Waals surface area contributed by atoms with Gasteiger partial charge < -0.3 is 15.0 Å². The maximum atomic E-state index is 12.5. The summed E-state index contributed by atoms with van der Waals surface area (Å²) in [6, 6.07) is 0. The van der Waals surface area contributed by atoms with E-state index in [9.17, 15) is 9.59 Å². The molecule has 1 N–H and O–H groups in total. The fourth-order valence-corrected chi connectivity index (χ4v) is 2.54. The zero-order valence-electron chi connectivity index (χ0n) is 12.3. The zero-order chi connectivity index (χ0) is 14.3. The molecular weight excluding hydrogens is 244 g/mol. The maximum Gasteiger partial charge on any atom is 0.248 e. The fourth-order valence-electron chi connectivity index (χ4n) is 2.54. The summed E-state index contributed by atoms with van der Waals surface area (Å²) >= 11 is 0. The molecule has 0 radical (unpaired) electrons.